The number of nitrogens with zero attached hydrogens (tertiary/aromatic N) is 5. The Labute approximate surface area is 285 Å². The molecule has 11 nitrogen and oxygen atoms in total. The number of carbonyl (C=O) groups excluding carboxylic acids is 3. The minimum absolute atomic E-state index is 0.0289. The number of carbonyl (C=O) groups is 3. The number of nitrogens with one attached hydrogen (secondary N) is 3. The van der Waals surface area contributed by atoms with Crippen LogP contribution in [0.25, 0.3) is 0 Å². The topological polar surface area (TPSA) is 103 Å². The van der Waals surface area contributed by atoms with Crippen LogP contribution in [0.15, 0.2) is 12.7 Å². The summed E-state index contributed by atoms with van der Waals surface area (Å²) in [5.74, 6) is -0.730. The average Bonchev–Trinajstić information content (AvgIpc) is 3.05. The highest BCUT2D eigenvalue weighted by atomic mass is 19.1. The Morgan fingerprint density at radius 1 is 1.02 bits per heavy atom. The van der Waals surface area contributed by atoms with Gasteiger partial charge in [0.1, 0.15) is 12.3 Å². The number of hydrogen-bond acceptors (Lipinski definition) is 6. The van der Waals surface area contributed by atoms with Crippen molar-refractivity contribution in [3.63, 3.8) is 0 Å². The standard InChI is InChI=1S/C35H58F2N8O3/c1-7-27(46)42-16-17-43(21(4)19-42)32-23-18-25(37)30-28-24(36)11-8-12-26(28)44(35(48)41(5)6)15-9-10-22-13-14-38-29(20(2)3)31(22)45(33(23)39-30)34(47)40-32/h7,20-26,28-33,38-39H,1,8-19H2,2-6H3,(H,40,47)/t21-,22?,23?,24?,25?,26?,28?,29?,30?,31?,32?,33?/m0/s1. The molecule has 1 aliphatic carbocycles. The first-order valence-corrected chi connectivity index (χ1v) is 18.4. The van der Waals surface area contributed by atoms with Crippen molar-refractivity contribution in [1.82, 2.24) is 40.4 Å². The molecule has 2 bridgehead atoms. The molecule has 0 radical (unpaired) electrons. The summed E-state index contributed by atoms with van der Waals surface area (Å²) >= 11 is 0. The fraction of sp³-hybridized carbons (Fsp3) is 0.857. The Kier molecular flexibility index (Phi) is 10.6. The highest BCUT2D eigenvalue weighted by molar-refractivity contribution is 5.87. The van der Waals surface area contributed by atoms with Crippen molar-refractivity contribution in [2.75, 3.05) is 46.8 Å². The first-order valence-electron chi connectivity index (χ1n) is 18.4. The Morgan fingerprint density at radius 3 is 2.48 bits per heavy atom. The molecule has 6 rings (SSSR count). The third-order valence-corrected chi connectivity index (χ3v) is 12.4. The van der Waals surface area contributed by atoms with E-state index in [1.54, 1.807) is 23.9 Å². The highest BCUT2D eigenvalue weighted by Gasteiger charge is 2.58. The van der Waals surface area contributed by atoms with Crippen LogP contribution in [-0.2, 0) is 4.79 Å². The lowest BCUT2D eigenvalue weighted by atomic mass is 9.71. The zero-order chi connectivity index (χ0) is 34.4. The molecule has 0 aromatic rings. The van der Waals surface area contributed by atoms with Crippen LogP contribution >= 0.6 is 0 Å². The van der Waals surface area contributed by atoms with E-state index in [0.717, 1.165) is 25.8 Å². The summed E-state index contributed by atoms with van der Waals surface area (Å²) in [6.45, 7) is 12.9. The van der Waals surface area contributed by atoms with Gasteiger partial charge < -0.3 is 30.2 Å². The van der Waals surface area contributed by atoms with E-state index in [1.165, 1.54) is 6.08 Å². The lowest BCUT2D eigenvalue weighted by Gasteiger charge is -2.60. The number of rotatable bonds is 3. The smallest absolute Gasteiger partial charge is 0.320 e. The molecule has 5 saturated heterocycles. The van der Waals surface area contributed by atoms with Crippen molar-refractivity contribution in [3.05, 3.63) is 12.7 Å². The lowest BCUT2D eigenvalue weighted by molar-refractivity contribution is -0.132. The summed E-state index contributed by atoms with van der Waals surface area (Å²) in [7, 11) is 3.46. The van der Waals surface area contributed by atoms with Gasteiger partial charge in [0.2, 0.25) is 5.91 Å². The van der Waals surface area contributed by atoms with Gasteiger partial charge in [0.25, 0.3) is 0 Å². The monoisotopic (exact) mass is 676 g/mol. The van der Waals surface area contributed by atoms with Crippen LogP contribution in [0.1, 0.15) is 65.7 Å². The quantitative estimate of drug-likeness (QED) is 0.398. The van der Waals surface area contributed by atoms with E-state index >= 15 is 8.78 Å². The van der Waals surface area contributed by atoms with Crippen molar-refractivity contribution in [1.29, 1.82) is 0 Å². The molecule has 48 heavy (non-hydrogen) atoms. The first-order chi connectivity index (χ1) is 22.9. The normalized spacial score (nSPS) is 40.9. The minimum atomic E-state index is -1.37. The van der Waals surface area contributed by atoms with Crippen LogP contribution in [-0.4, -0.2) is 144 Å². The van der Waals surface area contributed by atoms with E-state index in [4.69, 9.17) is 0 Å². The molecule has 5 heterocycles. The molecule has 6 fully saturated rings. The molecule has 270 valence electrons. The predicted molar refractivity (Wildman–Crippen MR) is 180 cm³/mol. The molecule has 13 heteroatoms. The second kappa shape index (κ2) is 14.4. The summed E-state index contributed by atoms with van der Waals surface area (Å²) in [5, 5.41) is 10.7. The summed E-state index contributed by atoms with van der Waals surface area (Å²) in [6, 6.07) is -1.80. The van der Waals surface area contributed by atoms with Gasteiger partial charge in [0.05, 0.1) is 18.4 Å². The SMILES string of the molecule is C=CC(=O)N1CCN(C2NC(=O)N3C4NC(C(F)CC42)C2C(F)CCCC2N(C(=O)N(C)C)CCCC2CCNC(C(C)C)C23)[C@@H](C)C1. The molecule has 5 amide bonds. The number of alkyl halides is 2. The van der Waals surface area contributed by atoms with E-state index in [2.05, 4.69) is 41.3 Å². The van der Waals surface area contributed by atoms with Crippen LogP contribution in [0, 0.1) is 23.7 Å². The Balaban J connectivity index is 1.41. The number of piperidine rings is 2. The maximum atomic E-state index is 16.9. The largest absolute Gasteiger partial charge is 0.336 e. The predicted octanol–water partition coefficient (Wildman–Crippen LogP) is 2.99. The van der Waals surface area contributed by atoms with Gasteiger partial charge in [0, 0.05) is 76.3 Å². The van der Waals surface area contributed by atoms with Gasteiger partial charge in [0.15, 0.2) is 0 Å². The molecular weight excluding hydrogens is 618 g/mol. The van der Waals surface area contributed by atoms with Gasteiger partial charge in [-0.25, -0.2) is 18.4 Å². The zero-order valence-electron chi connectivity index (χ0n) is 29.5. The fourth-order valence-corrected chi connectivity index (χ4v) is 10.2. The van der Waals surface area contributed by atoms with Gasteiger partial charge in [-0.2, -0.15) is 0 Å². The lowest BCUT2D eigenvalue weighted by Crippen LogP contribution is -2.80. The molecule has 0 spiro atoms. The molecule has 11 unspecified atom stereocenters. The van der Waals surface area contributed by atoms with Crippen molar-refractivity contribution < 1.29 is 23.2 Å². The molecule has 0 aromatic heterocycles. The molecule has 12 atom stereocenters. The van der Waals surface area contributed by atoms with Crippen molar-refractivity contribution in [2.24, 2.45) is 23.7 Å². The van der Waals surface area contributed by atoms with E-state index in [1.807, 2.05) is 16.7 Å². The van der Waals surface area contributed by atoms with Crippen LogP contribution in [0.2, 0.25) is 0 Å². The summed E-state index contributed by atoms with van der Waals surface area (Å²) < 4.78 is 33.2. The van der Waals surface area contributed by atoms with E-state index in [0.29, 0.717) is 45.4 Å². The fourth-order valence-electron chi connectivity index (χ4n) is 10.2. The van der Waals surface area contributed by atoms with Gasteiger partial charge in [-0.1, -0.05) is 20.4 Å². The van der Waals surface area contributed by atoms with Crippen molar-refractivity contribution in [3.8, 4) is 0 Å². The van der Waals surface area contributed by atoms with Crippen LogP contribution < -0.4 is 16.0 Å². The van der Waals surface area contributed by atoms with Crippen LogP contribution in [0.3, 0.4) is 0 Å². The molecular formula is C35H58F2N8O3. The Hall–Kier alpha value is -2.51. The zero-order valence-corrected chi connectivity index (χ0v) is 29.5. The average molecular weight is 677 g/mol. The molecule has 1 saturated carbocycles. The maximum Gasteiger partial charge on any atom is 0.320 e. The maximum absolute atomic E-state index is 16.9. The highest BCUT2D eigenvalue weighted by Crippen LogP contribution is 2.44. The summed E-state index contributed by atoms with van der Waals surface area (Å²) in [5.41, 5.74) is 0. The van der Waals surface area contributed by atoms with E-state index in [9.17, 15) is 14.4 Å². The van der Waals surface area contributed by atoms with Gasteiger partial charge >= 0.3 is 12.1 Å². The number of urea groups is 2. The number of hydrogen-bond donors (Lipinski definition) is 3. The molecule has 3 N–H and O–H groups in total. The van der Waals surface area contributed by atoms with Gasteiger partial charge in [-0.05, 0) is 76.3 Å². The second-order valence-corrected chi connectivity index (χ2v) is 15.8. The van der Waals surface area contributed by atoms with Gasteiger partial charge in [-0.3, -0.25) is 15.0 Å². The van der Waals surface area contributed by atoms with E-state index in [-0.39, 0.29) is 60.3 Å². The summed E-state index contributed by atoms with van der Waals surface area (Å²) in [6.07, 6.45) is 1.99. The third kappa shape index (κ3) is 6.43. The minimum Gasteiger partial charge on any atom is -0.336 e. The van der Waals surface area contributed by atoms with Crippen LogP contribution in [0.4, 0.5) is 18.4 Å². The molecule has 6 aliphatic rings. The number of fused-ring (bicyclic) bond motifs is 5. The number of amides is 5. The molecule has 5 aliphatic heterocycles. The first kappa shape index (κ1) is 35.3. The number of piperazine rings is 1. The Bertz CT molecular complexity index is 1210. The number of halogens is 2. The third-order valence-electron chi connectivity index (χ3n) is 12.4. The van der Waals surface area contributed by atoms with Crippen molar-refractivity contribution in [2.45, 2.75) is 121 Å². The second-order valence-electron chi connectivity index (χ2n) is 15.8. The van der Waals surface area contributed by atoms with Crippen LogP contribution in [0.5, 0.6) is 0 Å². The molecule has 0 aromatic carbocycles. The summed E-state index contributed by atoms with van der Waals surface area (Å²) in [4.78, 5) is 50.1. The van der Waals surface area contributed by atoms with E-state index < -0.39 is 42.7 Å². The van der Waals surface area contributed by atoms with Gasteiger partial charge in [-0.15, -0.1) is 0 Å². The Morgan fingerprint density at radius 2 is 1.79 bits per heavy atom. The van der Waals surface area contributed by atoms with Crippen molar-refractivity contribution >= 4 is 18.0 Å².